The minimum Gasteiger partial charge on any atom is -0.478 e. The van der Waals surface area contributed by atoms with Crippen LogP contribution in [0.5, 0.6) is 0 Å². The summed E-state index contributed by atoms with van der Waals surface area (Å²) in [4.78, 5) is 33.5. The Balaban J connectivity index is 1.53. The first-order valence-electron chi connectivity index (χ1n) is 14.3. The number of benzene rings is 3. The van der Waals surface area contributed by atoms with Gasteiger partial charge in [0, 0.05) is 40.7 Å². The molecule has 4 atom stereocenters. The fraction of sp³-hybridized carbons (Fsp3) is 0.344. The van der Waals surface area contributed by atoms with Gasteiger partial charge in [-0.25, -0.2) is 14.2 Å². The molecule has 1 saturated heterocycles. The van der Waals surface area contributed by atoms with E-state index in [0.29, 0.717) is 41.3 Å². The number of unbranched alkanes of at least 4 members (excludes halogenated alkanes) is 2. The van der Waals surface area contributed by atoms with Crippen molar-refractivity contribution in [3.63, 3.8) is 0 Å². The van der Waals surface area contributed by atoms with Gasteiger partial charge in [0.25, 0.3) is 0 Å². The van der Waals surface area contributed by atoms with E-state index >= 15 is 4.39 Å². The zero-order chi connectivity index (χ0) is 29.3. The summed E-state index contributed by atoms with van der Waals surface area (Å²) in [5.41, 5.74) is 2.06. The molecule has 7 rings (SSSR count). The van der Waals surface area contributed by atoms with Crippen molar-refractivity contribution in [1.29, 1.82) is 0 Å². The molecule has 0 aliphatic carbocycles. The molecule has 4 heterocycles. The van der Waals surface area contributed by atoms with Crippen molar-refractivity contribution in [3.05, 3.63) is 93.0 Å². The second-order valence-electron chi connectivity index (χ2n) is 11.4. The number of carbonyl (C=O) groups is 2. The number of amides is 1. The summed E-state index contributed by atoms with van der Waals surface area (Å²) < 4.78 is 18.3. The molecule has 10 heteroatoms. The summed E-state index contributed by atoms with van der Waals surface area (Å²) in [6.07, 6.45) is 3.60. The van der Waals surface area contributed by atoms with Crippen LogP contribution < -0.4 is 5.32 Å². The molecule has 216 valence electrons. The molecule has 1 aromatic heterocycles. The van der Waals surface area contributed by atoms with Crippen molar-refractivity contribution in [3.8, 4) is 0 Å². The minimum atomic E-state index is -1.23. The zero-order valence-electron chi connectivity index (χ0n) is 22.9. The summed E-state index contributed by atoms with van der Waals surface area (Å²) >= 11 is 12.8. The second-order valence-corrected chi connectivity index (χ2v) is 12.3. The standard InChI is InChI=1S/C32H29Cl2FN4O3/c1-2-3-4-13-39-25-12-14-38-24-11-8-17(30(40)41)15-23(24)36-29(38)26(25)27(19-6-5-7-21(34)28(19)35)32(39)20-10-9-18(33)16-22(20)37-31(32)42/h5-11,15-16,25-27H,2-4,12-14H2,1H3,(H,37,42)(H,40,41)/t25-,26+,27-,32+/m0/s1. The molecule has 2 N–H and O–H groups in total. The normalized spacial score (nSPS) is 24.6. The van der Waals surface area contributed by atoms with Crippen LogP contribution >= 0.6 is 23.2 Å². The molecular formula is C32H29Cl2FN4O3. The molecule has 1 spiro atoms. The summed E-state index contributed by atoms with van der Waals surface area (Å²) in [5, 5.41) is 13.2. The van der Waals surface area contributed by atoms with Crippen molar-refractivity contribution in [2.75, 3.05) is 11.9 Å². The van der Waals surface area contributed by atoms with E-state index in [1.54, 1.807) is 42.5 Å². The van der Waals surface area contributed by atoms with Gasteiger partial charge in [-0.05, 0) is 61.3 Å². The van der Waals surface area contributed by atoms with Gasteiger partial charge in [-0.1, -0.05) is 61.2 Å². The van der Waals surface area contributed by atoms with Crippen LogP contribution in [0.2, 0.25) is 10.0 Å². The quantitative estimate of drug-likeness (QED) is 0.227. The number of anilines is 1. The minimum absolute atomic E-state index is 0.00576. The van der Waals surface area contributed by atoms with Crippen LogP contribution in [0.3, 0.4) is 0 Å². The SMILES string of the molecule is CCCCCN1[C@H]2CCn3c(nc4cc(C(=O)O)ccc43)[C@H]2[C@H](c2cccc(Cl)c2F)[C@]12C(=O)Nc1cc(Cl)ccc12. The number of carbonyl (C=O) groups excluding carboxylic acids is 1. The van der Waals surface area contributed by atoms with E-state index in [1.165, 1.54) is 6.07 Å². The number of carboxylic acids is 1. The summed E-state index contributed by atoms with van der Waals surface area (Å²) in [6, 6.07) is 15.2. The lowest BCUT2D eigenvalue weighted by Crippen LogP contribution is -2.52. The van der Waals surface area contributed by atoms with Crippen LogP contribution in [0.25, 0.3) is 11.0 Å². The van der Waals surface area contributed by atoms with Crippen LogP contribution in [0, 0.1) is 5.82 Å². The topological polar surface area (TPSA) is 87.5 Å². The number of nitrogens with one attached hydrogen (secondary N) is 1. The fourth-order valence-electron chi connectivity index (χ4n) is 7.74. The van der Waals surface area contributed by atoms with Crippen molar-refractivity contribution < 1.29 is 19.1 Å². The molecule has 1 fully saturated rings. The van der Waals surface area contributed by atoms with Gasteiger partial charge in [-0.3, -0.25) is 9.69 Å². The first-order valence-corrected chi connectivity index (χ1v) is 15.1. The molecule has 7 nitrogen and oxygen atoms in total. The Bertz CT molecular complexity index is 1770. The number of aromatic nitrogens is 2. The highest BCUT2D eigenvalue weighted by atomic mass is 35.5. The summed E-state index contributed by atoms with van der Waals surface area (Å²) in [7, 11) is 0. The Morgan fingerprint density at radius 3 is 2.79 bits per heavy atom. The number of aryl methyl sites for hydroxylation is 1. The number of imidazole rings is 1. The number of nitrogens with zero attached hydrogens (tertiary/aromatic N) is 3. The predicted molar refractivity (Wildman–Crippen MR) is 160 cm³/mol. The van der Waals surface area contributed by atoms with Gasteiger partial charge in [-0.15, -0.1) is 0 Å². The average molecular weight is 608 g/mol. The molecule has 0 bridgehead atoms. The van der Waals surface area contributed by atoms with Gasteiger partial charge >= 0.3 is 5.97 Å². The van der Waals surface area contributed by atoms with Crippen LogP contribution in [0.15, 0.2) is 54.6 Å². The third-order valence-corrected chi connectivity index (χ3v) is 9.88. The smallest absolute Gasteiger partial charge is 0.335 e. The van der Waals surface area contributed by atoms with E-state index in [9.17, 15) is 14.7 Å². The lowest BCUT2D eigenvalue weighted by molar-refractivity contribution is -0.128. The number of rotatable bonds is 6. The first-order chi connectivity index (χ1) is 20.3. The molecule has 0 saturated carbocycles. The van der Waals surface area contributed by atoms with Gasteiger partial charge in [0.2, 0.25) is 5.91 Å². The third kappa shape index (κ3) is 3.78. The maximum Gasteiger partial charge on any atom is 0.335 e. The van der Waals surface area contributed by atoms with Crippen molar-refractivity contribution in [1.82, 2.24) is 14.5 Å². The monoisotopic (exact) mass is 606 g/mol. The van der Waals surface area contributed by atoms with Crippen LogP contribution in [-0.4, -0.2) is 44.0 Å². The Kier molecular flexibility index (Phi) is 6.57. The van der Waals surface area contributed by atoms with E-state index in [-0.39, 0.29) is 28.5 Å². The molecule has 0 unspecified atom stereocenters. The molecule has 3 aliphatic heterocycles. The van der Waals surface area contributed by atoms with E-state index in [1.807, 2.05) is 6.07 Å². The van der Waals surface area contributed by atoms with Gasteiger partial charge in [0.1, 0.15) is 17.2 Å². The van der Waals surface area contributed by atoms with Crippen LogP contribution in [0.4, 0.5) is 10.1 Å². The van der Waals surface area contributed by atoms with Gasteiger partial charge in [0.15, 0.2) is 0 Å². The van der Waals surface area contributed by atoms with Crippen molar-refractivity contribution in [2.45, 2.75) is 62.6 Å². The Morgan fingerprint density at radius 2 is 2.00 bits per heavy atom. The number of carboxylic acid groups (broad SMARTS) is 1. The Labute approximate surface area is 252 Å². The second kappa shape index (κ2) is 10.1. The van der Waals surface area contributed by atoms with Gasteiger partial charge < -0.3 is 15.0 Å². The predicted octanol–water partition coefficient (Wildman–Crippen LogP) is 7.17. The number of hydrogen-bond acceptors (Lipinski definition) is 4. The number of likely N-dealkylation sites (tertiary alicyclic amines) is 1. The van der Waals surface area contributed by atoms with Crippen LogP contribution in [-0.2, 0) is 16.9 Å². The highest BCUT2D eigenvalue weighted by Gasteiger charge is 2.68. The Morgan fingerprint density at radius 1 is 1.17 bits per heavy atom. The summed E-state index contributed by atoms with van der Waals surface area (Å²) in [5.74, 6) is -2.11. The van der Waals surface area contributed by atoms with Gasteiger partial charge in [0.05, 0.1) is 21.6 Å². The lowest BCUT2D eigenvalue weighted by atomic mass is 9.70. The molecular weight excluding hydrogens is 578 g/mol. The molecule has 1 amide bonds. The summed E-state index contributed by atoms with van der Waals surface area (Å²) in [6.45, 7) is 3.42. The fourth-order valence-corrected chi connectivity index (χ4v) is 8.10. The average Bonchev–Trinajstić information content (AvgIpc) is 3.58. The Hall–Kier alpha value is -3.46. The lowest BCUT2D eigenvalue weighted by Gasteiger charge is -2.40. The highest BCUT2D eigenvalue weighted by molar-refractivity contribution is 6.31. The largest absolute Gasteiger partial charge is 0.478 e. The molecule has 4 aromatic rings. The highest BCUT2D eigenvalue weighted by Crippen LogP contribution is 2.64. The van der Waals surface area contributed by atoms with Gasteiger partial charge in [-0.2, -0.15) is 0 Å². The zero-order valence-corrected chi connectivity index (χ0v) is 24.4. The molecule has 3 aliphatic rings. The maximum atomic E-state index is 16.2. The molecule has 3 aromatic carbocycles. The molecule has 42 heavy (non-hydrogen) atoms. The van der Waals surface area contributed by atoms with E-state index in [0.717, 1.165) is 36.2 Å². The number of halogens is 3. The van der Waals surface area contributed by atoms with E-state index < -0.39 is 23.2 Å². The molecule has 0 radical (unpaired) electrons. The number of fused-ring (bicyclic) bond motifs is 7. The van der Waals surface area contributed by atoms with Crippen molar-refractivity contribution in [2.24, 2.45) is 0 Å². The third-order valence-electron chi connectivity index (χ3n) is 9.35. The van der Waals surface area contributed by atoms with E-state index in [2.05, 4.69) is 21.7 Å². The number of hydrogen-bond donors (Lipinski definition) is 2. The number of aromatic carboxylic acids is 1. The first kappa shape index (κ1) is 27.4. The maximum absolute atomic E-state index is 16.2. The van der Waals surface area contributed by atoms with E-state index in [4.69, 9.17) is 28.2 Å². The van der Waals surface area contributed by atoms with Crippen LogP contribution in [0.1, 0.15) is 71.8 Å². The van der Waals surface area contributed by atoms with Crippen molar-refractivity contribution >= 4 is 51.8 Å².